The zero-order valence-corrected chi connectivity index (χ0v) is 15.0. The van der Waals surface area contributed by atoms with Gasteiger partial charge in [-0.15, -0.1) is 0 Å². The van der Waals surface area contributed by atoms with Crippen molar-refractivity contribution in [1.29, 1.82) is 0 Å². The first-order valence-corrected chi connectivity index (χ1v) is 8.39. The number of hydrogen-bond acceptors (Lipinski definition) is 5. The van der Waals surface area contributed by atoms with Crippen LogP contribution in [0.2, 0.25) is 0 Å². The van der Waals surface area contributed by atoms with Crippen LogP contribution in [0.3, 0.4) is 0 Å². The summed E-state index contributed by atoms with van der Waals surface area (Å²) < 4.78 is 17.8. The minimum absolute atomic E-state index is 0.332. The average molecular weight is 318 g/mol. The van der Waals surface area contributed by atoms with Crippen molar-refractivity contribution in [1.82, 2.24) is 4.98 Å². The molecule has 2 fully saturated rings. The first-order valence-electron chi connectivity index (χ1n) is 8.39. The Morgan fingerprint density at radius 2 is 1.83 bits per heavy atom. The SMILES string of the molecule is Cc1nc(N2CCOC[C@H]2C)ccc1B1OC(C)(C)C(C)(C)O1. The maximum Gasteiger partial charge on any atom is 0.496 e. The van der Waals surface area contributed by atoms with E-state index in [1.54, 1.807) is 0 Å². The molecule has 0 radical (unpaired) electrons. The molecule has 2 aliphatic heterocycles. The Morgan fingerprint density at radius 1 is 1.17 bits per heavy atom. The highest BCUT2D eigenvalue weighted by atomic mass is 16.7. The van der Waals surface area contributed by atoms with E-state index < -0.39 is 0 Å². The Hall–Kier alpha value is -1.11. The average Bonchev–Trinajstić information content (AvgIpc) is 2.67. The summed E-state index contributed by atoms with van der Waals surface area (Å²) >= 11 is 0. The molecule has 0 unspecified atom stereocenters. The van der Waals surface area contributed by atoms with Gasteiger partial charge < -0.3 is 18.9 Å². The van der Waals surface area contributed by atoms with Crippen LogP contribution in [0.4, 0.5) is 5.82 Å². The summed E-state index contributed by atoms with van der Waals surface area (Å²) in [7, 11) is -0.358. The first-order chi connectivity index (χ1) is 10.7. The van der Waals surface area contributed by atoms with Crippen molar-refractivity contribution in [2.24, 2.45) is 0 Å². The van der Waals surface area contributed by atoms with Crippen LogP contribution in [-0.4, -0.2) is 49.1 Å². The highest BCUT2D eigenvalue weighted by Crippen LogP contribution is 2.36. The summed E-state index contributed by atoms with van der Waals surface area (Å²) in [6.07, 6.45) is 0. The maximum absolute atomic E-state index is 6.14. The van der Waals surface area contributed by atoms with Crippen LogP contribution in [0.25, 0.3) is 0 Å². The number of hydrogen-bond donors (Lipinski definition) is 0. The highest BCUT2D eigenvalue weighted by molar-refractivity contribution is 6.62. The number of anilines is 1. The third kappa shape index (κ3) is 3.00. The minimum Gasteiger partial charge on any atom is -0.399 e. The summed E-state index contributed by atoms with van der Waals surface area (Å²) in [6.45, 7) is 14.8. The quantitative estimate of drug-likeness (QED) is 0.780. The van der Waals surface area contributed by atoms with Gasteiger partial charge >= 0.3 is 7.12 Å². The second kappa shape index (κ2) is 5.76. The number of aromatic nitrogens is 1. The van der Waals surface area contributed by atoms with Gasteiger partial charge in [-0.25, -0.2) is 4.98 Å². The Morgan fingerprint density at radius 3 is 2.39 bits per heavy atom. The van der Waals surface area contributed by atoms with Gasteiger partial charge in [-0.2, -0.15) is 0 Å². The van der Waals surface area contributed by atoms with Crippen molar-refractivity contribution in [3.8, 4) is 0 Å². The molecule has 2 aliphatic rings. The Balaban J connectivity index is 1.83. The molecule has 1 aromatic heterocycles. The molecule has 0 amide bonds. The number of nitrogens with zero attached hydrogens (tertiary/aromatic N) is 2. The van der Waals surface area contributed by atoms with Gasteiger partial charge in [0.15, 0.2) is 0 Å². The van der Waals surface area contributed by atoms with Crippen LogP contribution in [0, 0.1) is 6.92 Å². The Labute approximate surface area is 139 Å². The predicted molar refractivity (Wildman–Crippen MR) is 92.3 cm³/mol. The molecule has 126 valence electrons. The Bertz CT molecular complexity index is 575. The smallest absolute Gasteiger partial charge is 0.399 e. The van der Waals surface area contributed by atoms with Crippen molar-refractivity contribution in [3.05, 3.63) is 17.8 Å². The van der Waals surface area contributed by atoms with E-state index in [2.05, 4.69) is 51.7 Å². The van der Waals surface area contributed by atoms with Gasteiger partial charge in [0.05, 0.1) is 30.5 Å². The molecule has 3 rings (SSSR count). The molecule has 23 heavy (non-hydrogen) atoms. The Kier molecular flexibility index (Phi) is 4.19. The molecule has 5 nitrogen and oxygen atoms in total. The minimum atomic E-state index is -0.358. The van der Waals surface area contributed by atoms with Crippen LogP contribution in [-0.2, 0) is 14.0 Å². The standard InChI is InChI=1S/C17H27BN2O3/c1-12-11-21-10-9-20(12)15-8-7-14(13(2)19-15)18-22-16(3,4)17(5,6)23-18/h7-8,12H,9-11H2,1-6H3/t12-/m1/s1. The lowest BCUT2D eigenvalue weighted by Crippen LogP contribution is -2.45. The second-order valence-electron chi connectivity index (χ2n) is 7.55. The molecule has 2 saturated heterocycles. The van der Waals surface area contributed by atoms with Gasteiger partial charge in [0, 0.05) is 17.7 Å². The summed E-state index contributed by atoms with van der Waals surface area (Å²) in [5.41, 5.74) is 1.30. The molecule has 3 heterocycles. The lowest BCUT2D eigenvalue weighted by molar-refractivity contribution is 0.00578. The molecule has 6 heteroatoms. The van der Waals surface area contributed by atoms with Gasteiger partial charge in [-0.05, 0) is 47.6 Å². The number of ether oxygens (including phenoxy) is 1. The maximum atomic E-state index is 6.14. The van der Waals surface area contributed by atoms with E-state index in [1.165, 1.54) is 0 Å². The molecule has 1 aromatic rings. The van der Waals surface area contributed by atoms with Crippen molar-refractivity contribution >= 4 is 18.4 Å². The predicted octanol–water partition coefficient (Wildman–Crippen LogP) is 1.91. The van der Waals surface area contributed by atoms with Crippen molar-refractivity contribution in [2.75, 3.05) is 24.7 Å². The fourth-order valence-electron chi connectivity index (χ4n) is 3.01. The van der Waals surface area contributed by atoms with E-state index in [4.69, 9.17) is 19.0 Å². The van der Waals surface area contributed by atoms with E-state index in [0.717, 1.165) is 36.7 Å². The van der Waals surface area contributed by atoms with E-state index in [-0.39, 0.29) is 18.3 Å². The monoisotopic (exact) mass is 318 g/mol. The second-order valence-corrected chi connectivity index (χ2v) is 7.55. The van der Waals surface area contributed by atoms with Crippen LogP contribution < -0.4 is 10.4 Å². The lowest BCUT2D eigenvalue weighted by atomic mass is 9.78. The largest absolute Gasteiger partial charge is 0.496 e. The summed E-state index contributed by atoms with van der Waals surface area (Å²) in [6, 6.07) is 4.50. The molecule has 1 atom stereocenters. The third-order valence-electron chi connectivity index (χ3n) is 5.28. The molecule has 0 N–H and O–H groups in total. The van der Waals surface area contributed by atoms with Gasteiger partial charge in [-0.3, -0.25) is 0 Å². The normalized spacial score (nSPS) is 26.6. The third-order valence-corrected chi connectivity index (χ3v) is 5.28. The number of aryl methyl sites for hydroxylation is 1. The molecule has 0 aromatic carbocycles. The number of morpholine rings is 1. The van der Waals surface area contributed by atoms with E-state index in [1.807, 2.05) is 6.92 Å². The van der Waals surface area contributed by atoms with Crippen molar-refractivity contribution in [3.63, 3.8) is 0 Å². The summed E-state index contributed by atoms with van der Waals surface area (Å²) in [5.74, 6) is 0.999. The van der Waals surface area contributed by atoms with E-state index >= 15 is 0 Å². The zero-order chi connectivity index (χ0) is 16.8. The fourth-order valence-corrected chi connectivity index (χ4v) is 3.01. The molecule has 0 aliphatic carbocycles. The topological polar surface area (TPSA) is 43.8 Å². The van der Waals surface area contributed by atoms with Crippen LogP contribution in [0.15, 0.2) is 12.1 Å². The van der Waals surface area contributed by atoms with Crippen molar-refractivity contribution < 1.29 is 14.0 Å². The molecule has 0 saturated carbocycles. The molecule has 0 bridgehead atoms. The molecule has 0 spiro atoms. The van der Waals surface area contributed by atoms with Crippen LogP contribution in [0.5, 0.6) is 0 Å². The van der Waals surface area contributed by atoms with Crippen LogP contribution >= 0.6 is 0 Å². The summed E-state index contributed by atoms with van der Waals surface area (Å²) in [4.78, 5) is 7.09. The summed E-state index contributed by atoms with van der Waals surface area (Å²) in [5, 5.41) is 0. The van der Waals surface area contributed by atoms with Gasteiger partial charge in [0.1, 0.15) is 5.82 Å². The first kappa shape index (κ1) is 16.7. The molecular weight excluding hydrogens is 291 g/mol. The van der Waals surface area contributed by atoms with Gasteiger partial charge in [0.2, 0.25) is 0 Å². The van der Waals surface area contributed by atoms with E-state index in [0.29, 0.717) is 6.04 Å². The fraction of sp³-hybridized carbons (Fsp3) is 0.706. The number of pyridine rings is 1. The van der Waals surface area contributed by atoms with Gasteiger partial charge in [0.25, 0.3) is 0 Å². The zero-order valence-electron chi connectivity index (χ0n) is 15.0. The van der Waals surface area contributed by atoms with E-state index in [9.17, 15) is 0 Å². The van der Waals surface area contributed by atoms with Crippen molar-refractivity contribution in [2.45, 2.75) is 58.8 Å². The lowest BCUT2D eigenvalue weighted by Gasteiger charge is -2.34. The molecular formula is C17H27BN2O3. The number of rotatable bonds is 2. The van der Waals surface area contributed by atoms with Gasteiger partial charge in [-0.1, -0.05) is 6.07 Å². The van der Waals surface area contributed by atoms with Crippen LogP contribution in [0.1, 0.15) is 40.3 Å². The highest BCUT2D eigenvalue weighted by Gasteiger charge is 2.52.